The van der Waals surface area contributed by atoms with Crippen molar-refractivity contribution in [3.8, 4) is 0 Å². The molecule has 0 heterocycles. The molecule has 5 N–H and O–H groups in total. The summed E-state index contributed by atoms with van der Waals surface area (Å²) in [6, 6.07) is 6.22. The molecule has 0 aliphatic rings. The van der Waals surface area contributed by atoms with Gasteiger partial charge in [-0.2, -0.15) is 24.4 Å². The standard InChI is InChI=1S/C23H38N4O4S2/c1-5-15(2)20(25-13-17(24)14-32)22(29)27(18-9-7-6-8-10-18)16(3)21(28)26-19(23(30)31)11-12-33-4/h6-10,15-17,19-20,25,32H,5,11-14,24H2,1-4H3,(H,26,28)(H,30,31)/t15-,16-,17+,19-,20-/m0/s1. The van der Waals surface area contributed by atoms with Gasteiger partial charge in [-0.05, 0) is 43.4 Å². The van der Waals surface area contributed by atoms with Gasteiger partial charge in [0.25, 0.3) is 0 Å². The molecular weight excluding hydrogens is 460 g/mol. The normalized spacial score (nSPS) is 15.7. The molecule has 0 fully saturated rings. The summed E-state index contributed by atoms with van der Waals surface area (Å²) in [4.78, 5) is 39.9. The van der Waals surface area contributed by atoms with Gasteiger partial charge in [0.05, 0.1) is 6.04 Å². The number of thioether (sulfide) groups is 1. The summed E-state index contributed by atoms with van der Waals surface area (Å²) in [5.74, 6) is -0.821. The third-order valence-electron chi connectivity index (χ3n) is 5.58. The van der Waals surface area contributed by atoms with E-state index in [-0.39, 0.29) is 17.9 Å². The first-order valence-corrected chi connectivity index (χ1v) is 13.2. The predicted octanol–water partition coefficient (Wildman–Crippen LogP) is 1.99. The third-order valence-corrected chi connectivity index (χ3v) is 6.69. The minimum Gasteiger partial charge on any atom is -0.480 e. The summed E-state index contributed by atoms with van der Waals surface area (Å²) in [5.41, 5.74) is 6.56. The largest absolute Gasteiger partial charge is 0.480 e. The number of nitrogens with zero attached hydrogens (tertiary/aromatic N) is 1. The van der Waals surface area contributed by atoms with Gasteiger partial charge >= 0.3 is 5.97 Å². The second-order valence-corrected chi connectivity index (χ2v) is 9.47. The van der Waals surface area contributed by atoms with Gasteiger partial charge < -0.3 is 21.5 Å². The molecule has 0 bridgehead atoms. The van der Waals surface area contributed by atoms with Crippen molar-refractivity contribution in [1.82, 2.24) is 10.6 Å². The molecule has 186 valence electrons. The summed E-state index contributed by atoms with van der Waals surface area (Å²) in [7, 11) is 0. The lowest BCUT2D eigenvalue weighted by atomic mass is 9.96. The Kier molecular flexibility index (Phi) is 13.5. The van der Waals surface area contributed by atoms with E-state index in [2.05, 4.69) is 23.3 Å². The molecule has 0 saturated heterocycles. The molecule has 2 amide bonds. The number of para-hydroxylation sites is 1. The van der Waals surface area contributed by atoms with Crippen molar-refractivity contribution in [1.29, 1.82) is 0 Å². The van der Waals surface area contributed by atoms with Crippen LogP contribution in [0.2, 0.25) is 0 Å². The van der Waals surface area contributed by atoms with Crippen molar-refractivity contribution in [2.24, 2.45) is 11.7 Å². The summed E-state index contributed by atoms with van der Waals surface area (Å²) >= 11 is 5.72. The SMILES string of the molecule is CC[C@H](C)[C@H](NC[C@@H](N)CS)C(=O)N(c1ccccc1)[C@@H](C)C(=O)N[C@@H](CCSC)C(=O)O. The van der Waals surface area contributed by atoms with Crippen molar-refractivity contribution >= 4 is 47.9 Å². The van der Waals surface area contributed by atoms with Gasteiger partial charge in [0, 0.05) is 24.0 Å². The van der Waals surface area contributed by atoms with Gasteiger partial charge in [-0.3, -0.25) is 14.5 Å². The summed E-state index contributed by atoms with van der Waals surface area (Å²) < 4.78 is 0. The maximum absolute atomic E-state index is 13.8. The van der Waals surface area contributed by atoms with Gasteiger partial charge in [-0.15, -0.1) is 0 Å². The van der Waals surface area contributed by atoms with E-state index in [1.165, 1.54) is 16.7 Å². The molecule has 33 heavy (non-hydrogen) atoms. The van der Waals surface area contributed by atoms with E-state index in [0.29, 0.717) is 30.2 Å². The first-order valence-electron chi connectivity index (χ1n) is 11.2. The van der Waals surface area contributed by atoms with Gasteiger partial charge in [0.1, 0.15) is 12.1 Å². The summed E-state index contributed by atoms with van der Waals surface area (Å²) in [5, 5.41) is 15.4. The maximum atomic E-state index is 13.8. The van der Waals surface area contributed by atoms with E-state index in [9.17, 15) is 19.5 Å². The van der Waals surface area contributed by atoms with Crippen LogP contribution in [0, 0.1) is 5.92 Å². The van der Waals surface area contributed by atoms with E-state index < -0.39 is 30.0 Å². The van der Waals surface area contributed by atoms with Crippen LogP contribution in [0.3, 0.4) is 0 Å². The van der Waals surface area contributed by atoms with Crippen LogP contribution in [-0.4, -0.2) is 71.4 Å². The van der Waals surface area contributed by atoms with Gasteiger partial charge in [0.15, 0.2) is 0 Å². The highest BCUT2D eigenvalue weighted by Gasteiger charge is 2.35. The number of carbonyl (C=O) groups is 3. The highest BCUT2D eigenvalue weighted by atomic mass is 32.2. The molecule has 0 saturated carbocycles. The first-order chi connectivity index (χ1) is 15.7. The number of anilines is 1. The zero-order valence-corrected chi connectivity index (χ0v) is 21.6. The van der Waals surface area contributed by atoms with Crippen LogP contribution in [0.5, 0.6) is 0 Å². The Morgan fingerprint density at radius 1 is 1.21 bits per heavy atom. The van der Waals surface area contributed by atoms with E-state index in [0.717, 1.165) is 6.42 Å². The number of hydrogen-bond acceptors (Lipinski definition) is 7. The highest BCUT2D eigenvalue weighted by Crippen LogP contribution is 2.21. The zero-order chi connectivity index (χ0) is 25.0. The van der Waals surface area contributed by atoms with Crippen molar-refractivity contribution in [2.75, 3.05) is 29.2 Å². The first kappa shape index (κ1) is 29.3. The van der Waals surface area contributed by atoms with Crippen molar-refractivity contribution < 1.29 is 19.5 Å². The lowest BCUT2D eigenvalue weighted by Gasteiger charge is -2.35. The fraction of sp³-hybridized carbons (Fsp3) is 0.609. The molecule has 0 aromatic heterocycles. The Balaban J connectivity index is 3.23. The Labute approximate surface area is 206 Å². The number of amides is 2. The fourth-order valence-electron chi connectivity index (χ4n) is 3.29. The molecule has 5 atom stereocenters. The molecule has 1 aromatic rings. The molecule has 8 nitrogen and oxygen atoms in total. The molecule has 1 aromatic carbocycles. The van der Waals surface area contributed by atoms with Crippen LogP contribution >= 0.6 is 24.4 Å². The van der Waals surface area contributed by atoms with Crippen LogP contribution in [0.15, 0.2) is 30.3 Å². The number of benzene rings is 1. The van der Waals surface area contributed by atoms with Gasteiger partial charge in [0.2, 0.25) is 11.8 Å². The van der Waals surface area contributed by atoms with Crippen molar-refractivity contribution in [2.45, 2.75) is 57.8 Å². The molecule has 0 aliphatic heterocycles. The lowest BCUT2D eigenvalue weighted by Crippen LogP contribution is -2.58. The quantitative estimate of drug-likeness (QED) is 0.234. The Hall–Kier alpha value is -1.75. The van der Waals surface area contributed by atoms with Crippen molar-refractivity contribution in [3.63, 3.8) is 0 Å². The molecular formula is C23H38N4O4S2. The van der Waals surface area contributed by atoms with E-state index in [1.807, 2.05) is 26.2 Å². The summed E-state index contributed by atoms with van der Waals surface area (Å²) in [6.07, 6.45) is 2.92. The molecule has 0 unspecified atom stereocenters. The maximum Gasteiger partial charge on any atom is 0.326 e. The molecule has 0 spiro atoms. The number of hydrogen-bond donors (Lipinski definition) is 5. The number of nitrogens with one attached hydrogen (secondary N) is 2. The third kappa shape index (κ3) is 9.19. The predicted molar refractivity (Wildman–Crippen MR) is 139 cm³/mol. The Bertz CT molecular complexity index is 753. The van der Waals surface area contributed by atoms with Crippen molar-refractivity contribution in [3.05, 3.63) is 30.3 Å². The number of carboxylic acid groups (broad SMARTS) is 1. The van der Waals surface area contributed by atoms with Crippen LogP contribution in [-0.2, 0) is 14.4 Å². The summed E-state index contributed by atoms with van der Waals surface area (Å²) in [6.45, 7) is 5.99. The second-order valence-electron chi connectivity index (χ2n) is 8.11. The Morgan fingerprint density at radius 3 is 2.36 bits per heavy atom. The zero-order valence-electron chi connectivity index (χ0n) is 19.9. The topological polar surface area (TPSA) is 125 Å². The number of thiol groups is 1. The second kappa shape index (κ2) is 15.2. The number of nitrogens with two attached hydrogens (primary N) is 1. The van der Waals surface area contributed by atoms with E-state index in [1.54, 1.807) is 31.2 Å². The fourth-order valence-corrected chi connectivity index (χ4v) is 3.89. The number of carbonyl (C=O) groups excluding carboxylic acids is 2. The van der Waals surface area contributed by atoms with Crippen LogP contribution in [0.25, 0.3) is 0 Å². The smallest absolute Gasteiger partial charge is 0.326 e. The van der Waals surface area contributed by atoms with Gasteiger partial charge in [-0.25, -0.2) is 4.79 Å². The van der Waals surface area contributed by atoms with Crippen LogP contribution in [0.4, 0.5) is 5.69 Å². The number of carboxylic acids is 1. The lowest BCUT2D eigenvalue weighted by molar-refractivity contribution is -0.142. The minimum atomic E-state index is -1.10. The van der Waals surface area contributed by atoms with Crippen LogP contribution < -0.4 is 21.3 Å². The van der Waals surface area contributed by atoms with E-state index >= 15 is 0 Å². The molecule has 0 aliphatic carbocycles. The average Bonchev–Trinajstić information content (AvgIpc) is 2.81. The highest BCUT2D eigenvalue weighted by molar-refractivity contribution is 7.98. The van der Waals surface area contributed by atoms with Crippen LogP contribution in [0.1, 0.15) is 33.6 Å². The molecule has 10 heteroatoms. The Morgan fingerprint density at radius 2 is 1.85 bits per heavy atom. The number of rotatable bonds is 15. The minimum absolute atomic E-state index is 0.0144. The average molecular weight is 499 g/mol. The number of aliphatic carboxylic acids is 1. The molecule has 0 radical (unpaired) electrons. The molecule has 1 rings (SSSR count). The van der Waals surface area contributed by atoms with E-state index in [4.69, 9.17) is 5.73 Å². The van der Waals surface area contributed by atoms with Gasteiger partial charge in [-0.1, -0.05) is 38.5 Å². The monoisotopic (exact) mass is 498 g/mol.